The largest absolute Gasteiger partial charge is 0.481 e. The molecule has 1 aliphatic carbocycles. The summed E-state index contributed by atoms with van der Waals surface area (Å²) in [6, 6.07) is 15.7. The first-order chi connectivity index (χ1) is 15.9. The van der Waals surface area contributed by atoms with Gasteiger partial charge in [0.1, 0.15) is 6.61 Å². The lowest BCUT2D eigenvalue weighted by atomic mass is 9.73. The van der Waals surface area contributed by atoms with Crippen LogP contribution < -0.4 is 10.6 Å². The molecule has 2 atom stereocenters. The first-order valence-corrected chi connectivity index (χ1v) is 11.5. The maximum Gasteiger partial charge on any atom is 0.407 e. The highest BCUT2D eigenvalue weighted by Gasteiger charge is 2.45. The molecule has 2 aromatic carbocycles. The third-order valence-corrected chi connectivity index (χ3v) is 7.39. The summed E-state index contributed by atoms with van der Waals surface area (Å²) in [6.07, 6.45) is -0.611. The van der Waals surface area contributed by atoms with Gasteiger partial charge in [-0.2, -0.15) is 0 Å². The van der Waals surface area contributed by atoms with Gasteiger partial charge in [-0.25, -0.2) is 4.79 Å². The number of rotatable bonds is 8. The number of amides is 2. The van der Waals surface area contributed by atoms with Gasteiger partial charge in [0.25, 0.3) is 0 Å². The number of carbonyl (C=O) groups is 3. The lowest BCUT2D eigenvalue weighted by molar-refractivity contribution is -0.142. The van der Waals surface area contributed by atoms with E-state index in [0.29, 0.717) is 0 Å². The Labute approximate surface area is 200 Å². The van der Waals surface area contributed by atoms with Gasteiger partial charge in [0.15, 0.2) is 0 Å². The van der Waals surface area contributed by atoms with E-state index in [0.717, 1.165) is 22.3 Å². The number of hydrogen-bond donors (Lipinski definition) is 3. The molecule has 0 saturated carbocycles. The van der Waals surface area contributed by atoms with Gasteiger partial charge in [0.2, 0.25) is 5.91 Å². The summed E-state index contributed by atoms with van der Waals surface area (Å²) in [7, 11) is 0. The van der Waals surface area contributed by atoms with E-state index in [1.807, 2.05) is 24.3 Å². The van der Waals surface area contributed by atoms with Gasteiger partial charge in [0, 0.05) is 12.0 Å². The number of carbonyl (C=O) groups excluding carboxylic acids is 2. The zero-order valence-corrected chi connectivity index (χ0v) is 20.6. The van der Waals surface area contributed by atoms with Gasteiger partial charge in [0.05, 0.1) is 16.9 Å². The second-order valence-corrected chi connectivity index (χ2v) is 10.1. The Morgan fingerprint density at radius 1 is 0.941 bits per heavy atom. The summed E-state index contributed by atoms with van der Waals surface area (Å²) in [5, 5.41) is 14.8. The summed E-state index contributed by atoms with van der Waals surface area (Å²) in [5.41, 5.74) is 2.54. The second kappa shape index (κ2) is 9.49. The fraction of sp³-hybridized carbons (Fsp3) is 0.444. The molecule has 2 amide bonds. The minimum absolute atomic E-state index is 0.0593. The SMILES string of the molecule is CC(NC(=O)C(C)(C)C(C)(C)NC(=O)OCC1c2ccccc2-c2ccccc21)C(C)C(=O)O. The smallest absolute Gasteiger partial charge is 0.407 e. The van der Waals surface area contributed by atoms with E-state index in [1.54, 1.807) is 41.5 Å². The summed E-state index contributed by atoms with van der Waals surface area (Å²) in [5.74, 6) is -2.13. The van der Waals surface area contributed by atoms with Crippen molar-refractivity contribution in [3.63, 3.8) is 0 Å². The molecule has 7 nitrogen and oxygen atoms in total. The van der Waals surface area contributed by atoms with E-state index >= 15 is 0 Å². The number of fused-ring (bicyclic) bond motifs is 3. The van der Waals surface area contributed by atoms with E-state index in [2.05, 4.69) is 34.9 Å². The summed E-state index contributed by atoms with van der Waals surface area (Å²) in [4.78, 5) is 37.0. The molecular formula is C27H34N2O5. The molecule has 2 aromatic rings. The van der Waals surface area contributed by atoms with Crippen LogP contribution in [0.3, 0.4) is 0 Å². The molecule has 0 spiro atoms. The van der Waals surface area contributed by atoms with Crippen LogP contribution in [0, 0.1) is 11.3 Å². The number of aliphatic carboxylic acids is 1. The summed E-state index contributed by atoms with van der Waals surface area (Å²) in [6.45, 7) is 10.3. The number of alkyl carbamates (subject to hydrolysis) is 1. The van der Waals surface area contributed by atoms with Crippen LogP contribution in [0.4, 0.5) is 4.79 Å². The number of carboxylic acid groups (broad SMARTS) is 1. The van der Waals surface area contributed by atoms with Crippen LogP contribution in [0.15, 0.2) is 48.5 Å². The van der Waals surface area contributed by atoms with Gasteiger partial charge >= 0.3 is 12.1 Å². The zero-order chi connectivity index (χ0) is 25.3. The van der Waals surface area contributed by atoms with Crippen molar-refractivity contribution in [1.29, 1.82) is 0 Å². The lowest BCUT2D eigenvalue weighted by Crippen LogP contribution is -2.61. The molecule has 1 aliphatic rings. The Morgan fingerprint density at radius 3 is 1.94 bits per heavy atom. The highest BCUT2D eigenvalue weighted by atomic mass is 16.5. The molecule has 3 rings (SSSR count). The third kappa shape index (κ3) is 4.79. The van der Waals surface area contributed by atoms with Crippen molar-refractivity contribution >= 4 is 18.0 Å². The number of benzene rings is 2. The van der Waals surface area contributed by atoms with Gasteiger partial charge < -0.3 is 20.5 Å². The van der Waals surface area contributed by atoms with Crippen molar-refractivity contribution in [2.75, 3.05) is 6.61 Å². The second-order valence-electron chi connectivity index (χ2n) is 10.1. The molecule has 0 fully saturated rings. The number of nitrogens with one attached hydrogen (secondary N) is 2. The Hall–Kier alpha value is -3.35. The Bertz CT molecular complexity index is 1050. The summed E-state index contributed by atoms with van der Waals surface area (Å²) < 4.78 is 5.64. The topological polar surface area (TPSA) is 105 Å². The normalized spacial score (nSPS) is 15.0. The predicted octanol–water partition coefficient (Wildman–Crippen LogP) is 4.56. The molecular weight excluding hydrogens is 432 g/mol. The van der Waals surface area contributed by atoms with E-state index in [9.17, 15) is 19.5 Å². The van der Waals surface area contributed by atoms with Crippen LogP contribution in [-0.4, -0.2) is 41.3 Å². The molecule has 7 heteroatoms. The fourth-order valence-corrected chi connectivity index (χ4v) is 4.06. The molecule has 3 N–H and O–H groups in total. The van der Waals surface area contributed by atoms with Crippen molar-refractivity contribution in [2.45, 2.75) is 59.0 Å². The molecule has 0 saturated heterocycles. The minimum atomic E-state index is -1.04. The van der Waals surface area contributed by atoms with Crippen LogP contribution in [0.2, 0.25) is 0 Å². The molecule has 2 unspecified atom stereocenters. The van der Waals surface area contributed by atoms with Crippen LogP contribution in [0.5, 0.6) is 0 Å². The van der Waals surface area contributed by atoms with Crippen molar-refractivity contribution in [2.24, 2.45) is 11.3 Å². The van der Waals surface area contributed by atoms with E-state index in [4.69, 9.17) is 4.74 Å². The van der Waals surface area contributed by atoms with Gasteiger partial charge in [-0.15, -0.1) is 0 Å². The molecule has 0 aromatic heterocycles. The quantitative estimate of drug-likeness (QED) is 0.529. The highest BCUT2D eigenvalue weighted by Crippen LogP contribution is 2.44. The van der Waals surface area contributed by atoms with Crippen molar-refractivity contribution in [1.82, 2.24) is 10.6 Å². The number of hydrogen-bond acceptors (Lipinski definition) is 4. The van der Waals surface area contributed by atoms with E-state index in [-0.39, 0.29) is 18.4 Å². The van der Waals surface area contributed by atoms with Crippen molar-refractivity contribution < 1.29 is 24.2 Å². The molecule has 0 heterocycles. The van der Waals surface area contributed by atoms with Crippen LogP contribution in [-0.2, 0) is 14.3 Å². The molecule has 0 radical (unpaired) electrons. The number of carboxylic acids is 1. The van der Waals surface area contributed by atoms with Crippen molar-refractivity contribution in [3.8, 4) is 11.1 Å². The van der Waals surface area contributed by atoms with E-state index in [1.165, 1.54) is 0 Å². The average Bonchev–Trinajstić information content (AvgIpc) is 3.10. The Balaban J connectivity index is 1.66. The third-order valence-electron chi connectivity index (χ3n) is 7.39. The zero-order valence-electron chi connectivity index (χ0n) is 20.6. The predicted molar refractivity (Wildman–Crippen MR) is 130 cm³/mol. The highest BCUT2D eigenvalue weighted by molar-refractivity contribution is 5.85. The molecule has 0 aliphatic heterocycles. The first kappa shape index (κ1) is 25.3. The van der Waals surface area contributed by atoms with E-state index < -0.39 is 35.0 Å². The van der Waals surface area contributed by atoms with Gasteiger partial charge in [-0.05, 0) is 63.8 Å². The lowest BCUT2D eigenvalue weighted by Gasteiger charge is -2.41. The van der Waals surface area contributed by atoms with Gasteiger partial charge in [-0.1, -0.05) is 48.5 Å². The Morgan fingerprint density at radius 2 is 1.44 bits per heavy atom. The minimum Gasteiger partial charge on any atom is -0.481 e. The van der Waals surface area contributed by atoms with Crippen LogP contribution in [0.25, 0.3) is 11.1 Å². The fourth-order valence-electron chi connectivity index (χ4n) is 4.06. The molecule has 182 valence electrons. The number of ether oxygens (including phenoxy) is 1. The van der Waals surface area contributed by atoms with Gasteiger partial charge in [-0.3, -0.25) is 9.59 Å². The first-order valence-electron chi connectivity index (χ1n) is 11.5. The maximum atomic E-state index is 13.0. The molecule has 0 bridgehead atoms. The maximum absolute atomic E-state index is 13.0. The summed E-state index contributed by atoms with van der Waals surface area (Å²) >= 11 is 0. The monoisotopic (exact) mass is 466 g/mol. The standard InChI is InChI=1S/C27H34N2O5/c1-16(23(30)31)17(2)28-24(32)26(3,4)27(5,6)29-25(33)34-15-22-20-13-9-7-11-18(20)19-12-8-10-14-21(19)22/h7-14,16-17,22H,15H2,1-6H3,(H,28,32)(H,29,33)(H,30,31). The van der Waals surface area contributed by atoms with Crippen LogP contribution >= 0.6 is 0 Å². The average molecular weight is 467 g/mol. The molecule has 34 heavy (non-hydrogen) atoms. The van der Waals surface area contributed by atoms with Crippen LogP contribution in [0.1, 0.15) is 58.6 Å². The Kier molecular flexibility index (Phi) is 7.05. The van der Waals surface area contributed by atoms with Crippen molar-refractivity contribution in [3.05, 3.63) is 59.7 Å².